The molecule has 0 heterocycles. The maximum atomic E-state index is 10.6. The SMILES string of the molecule is CN(CCCNC(=S)Nc1ccc([N+](=O)[O-])cc1)Cc1ccccc1. The first kappa shape index (κ1) is 18.8. The van der Waals surface area contributed by atoms with Gasteiger partial charge in [0.05, 0.1) is 4.92 Å². The molecule has 7 heteroatoms. The largest absolute Gasteiger partial charge is 0.362 e. The number of rotatable bonds is 8. The first-order valence-corrected chi connectivity index (χ1v) is 8.47. The molecule has 2 rings (SSSR count). The van der Waals surface area contributed by atoms with E-state index in [4.69, 9.17) is 12.2 Å². The molecule has 2 aromatic rings. The lowest BCUT2D eigenvalue weighted by molar-refractivity contribution is -0.384. The van der Waals surface area contributed by atoms with Crippen molar-refractivity contribution in [2.75, 3.05) is 25.5 Å². The summed E-state index contributed by atoms with van der Waals surface area (Å²) in [6.07, 6.45) is 0.964. The van der Waals surface area contributed by atoms with Crippen molar-refractivity contribution in [1.29, 1.82) is 0 Å². The quantitative estimate of drug-likeness (QED) is 0.326. The molecule has 0 saturated heterocycles. The fraction of sp³-hybridized carbons (Fsp3) is 0.278. The molecule has 0 unspecified atom stereocenters. The zero-order valence-corrected chi connectivity index (χ0v) is 15.0. The predicted molar refractivity (Wildman–Crippen MR) is 105 cm³/mol. The molecule has 0 fully saturated rings. The topological polar surface area (TPSA) is 70.4 Å². The van der Waals surface area contributed by atoms with Gasteiger partial charge in [0.15, 0.2) is 5.11 Å². The molecule has 2 N–H and O–H groups in total. The molecule has 0 aliphatic heterocycles. The highest BCUT2D eigenvalue weighted by molar-refractivity contribution is 7.80. The van der Waals surface area contributed by atoms with Crippen molar-refractivity contribution in [3.8, 4) is 0 Å². The van der Waals surface area contributed by atoms with E-state index in [9.17, 15) is 10.1 Å². The van der Waals surface area contributed by atoms with Crippen LogP contribution in [-0.4, -0.2) is 35.1 Å². The maximum Gasteiger partial charge on any atom is 0.269 e. The Balaban J connectivity index is 1.64. The van der Waals surface area contributed by atoms with Crippen LogP contribution in [0.1, 0.15) is 12.0 Å². The normalized spacial score (nSPS) is 10.5. The number of hydrogen-bond donors (Lipinski definition) is 2. The fourth-order valence-corrected chi connectivity index (χ4v) is 2.59. The van der Waals surface area contributed by atoms with Gasteiger partial charge in [-0.3, -0.25) is 10.1 Å². The molecular formula is C18H22N4O2S. The second kappa shape index (κ2) is 9.71. The highest BCUT2D eigenvalue weighted by atomic mass is 32.1. The Bertz CT molecular complexity index is 692. The van der Waals surface area contributed by atoms with Crippen molar-refractivity contribution >= 4 is 28.7 Å². The van der Waals surface area contributed by atoms with Crippen molar-refractivity contribution in [2.45, 2.75) is 13.0 Å². The Morgan fingerprint density at radius 2 is 1.84 bits per heavy atom. The number of nitro benzene ring substituents is 1. The Morgan fingerprint density at radius 1 is 1.16 bits per heavy atom. The molecule has 0 atom stereocenters. The summed E-state index contributed by atoms with van der Waals surface area (Å²) in [5.74, 6) is 0. The number of non-ortho nitro benzene ring substituents is 1. The number of anilines is 1. The van der Waals surface area contributed by atoms with Crippen LogP contribution >= 0.6 is 12.2 Å². The van der Waals surface area contributed by atoms with E-state index in [2.05, 4.69) is 34.7 Å². The number of nitrogens with one attached hydrogen (secondary N) is 2. The molecule has 0 aliphatic rings. The predicted octanol–water partition coefficient (Wildman–Crippen LogP) is 3.40. The Labute approximate surface area is 153 Å². The van der Waals surface area contributed by atoms with Crippen LogP contribution in [0.4, 0.5) is 11.4 Å². The minimum atomic E-state index is -0.424. The van der Waals surface area contributed by atoms with Crippen molar-refractivity contribution in [3.05, 3.63) is 70.3 Å². The third kappa shape index (κ3) is 6.86. The van der Waals surface area contributed by atoms with Crippen molar-refractivity contribution in [1.82, 2.24) is 10.2 Å². The van der Waals surface area contributed by atoms with Gasteiger partial charge in [-0.2, -0.15) is 0 Å². The van der Waals surface area contributed by atoms with Gasteiger partial charge < -0.3 is 15.5 Å². The summed E-state index contributed by atoms with van der Waals surface area (Å²) < 4.78 is 0. The monoisotopic (exact) mass is 358 g/mol. The molecule has 0 aliphatic carbocycles. The molecule has 0 radical (unpaired) electrons. The number of benzene rings is 2. The van der Waals surface area contributed by atoms with E-state index in [1.807, 2.05) is 18.2 Å². The average Bonchev–Trinajstić information content (AvgIpc) is 2.60. The van der Waals surface area contributed by atoms with E-state index in [1.165, 1.54) is 17.7 Å². The number of thiocarbonyl (C=S) groups is 1. The highest BCUT2D eigenvalue weighted by Crippen LogP contribution is 2.15. The van der Waals surface area contributed by atoms with Gasteiger partial charge in [-0.05, 0) is 49.9 Å². The molecule has 0 aromatic heterocycles. The Hall–Kier alpha value is -2.51. The van der Waals surface area contributed by atoms with Crippen LogP contribution in [-0.2, 0) is 6.54 Å². The third-order valence-corrected chi connectivity index (χ3v) is 3.88. The smallest absolute Gasteiger partial charge is 0.269 e. The van der Waals surface area contributed by atoms with E-state index in [0.717, 1.165) is 31.7 Å². The van der Waals surface area contributed by atoms with E-state index in [0.29, 0.717) is 5.11 Å². The van der Waals surface area contributed by atoms with Crippen molar-refractivity contribution in [3.63, 3.8) is 0 Å². The van der Waals surface area contributed by atoms with Gasteiger partial charge in [0.2, 0.25) is 0 Å². The van der Waals surface area contributed by atoms with Crippen LogP contribution in [0, 0.1) is 10.1 Å². The number of nitro groups is 1. The molecular weight excluding hydrogens is 336 g/mol. The molecule has 2 aromatic carbocycles. The van der Waals surface area contributed by atoms with Gasteiger partial charge in [0.25, 0.3) is 5.69 Å². The lowest BCUT2D eigenvalue weighted by Crippen LogP contribution is -2.31. The minimum absolute atomic E-state index is 0.0610. The summed E-state index contributed by atoms with van der Waals surface area (Å²) in [6, 6.07) is 16.5. The summed E-state index contributed by atoms with van der Waals surface area (Å²) in [7, 11) is 2.10. The Morgan fingerprint density at radius 3 is 2.48 bits per heavy atom. The highest BCUT2D eigenvalue weighted by Gasteiger charge is 2.05. The second-order valence-corrected chi connectivity index (χ2v) is 6.17. The van der Waals surface area contributed by atoms with Crippen LogP contribution in [0.15, 0.2) is 54.6 Å². The molecule has 0 saturated carbocycles. The van der Waals surface area contributed by atoms with Gasteiger partial charge in [0, 0.05) is 30.9 Å². The molecule has 132 valence electrons. The summed E-state index contributed by atoms with van der Waals surface area (Å²) in [5, 5.41) is 17.3. The van der Waals surface area contributed by atoms with Crippen molar-refractivity contribution in [2.24, 2.45) is 0 Å². The van der Waals surface area contributed by atoms with Gasteiger partial charge >= 0.3 is 0 Å². The van der Waals surface area contributed by atoms with Crippen LogP contribution in [0.5, 0.6) is 0 Å². The summed E-state index contributed by atoms with van der Waals surface area (Å²) in [4.78, 5) is 12.5. The fourth-order valence-electron chi connectivity index (χ4n) is 2.37. The van der Waals surface area contributed by atoms with Gasteiger partial charge in [-0.15, -0.1) is 0 Å². The maximum absolute atomic E-state index is 10.6. The Kier molecular flexibility index (Phi) is 7.31. The van der Waals surface area contributed by atoms with E-state index >= 15 is 0 Å². The first-order chi connectivity index (χ1) is 12.0. The van der Waals surface area contributed by atoms with E-state index < -0.39 is 4.92 Å². The first-order valence-electron chi connectivity index (χ1n) is 8.06. The molecule has 0 amide bonds. The van der Waals surface area contributed by atoms with Crippen LogP contribution < -0.4 is 10.6 Å². The third-order valence-electron chi connectivity index (χ3n) is 3.63. The van der Waals surface area contributed by atoms with Crippen molar-refractivity contribution < 1.29 is 4.92 Å². The van der Waals surface area contributed by atoms with Crippen LogP contribution in [0.2, 0.25) is 0 Å². The van der Waals surface area contributed by atoms with Crippen LogP contribution in [0.25, 0.3) is 0 Å². The van der Waals surface area contributed by atoms with Gasteiger partial charge in [0.1, 0.15) is 0 Å². The van der Waals surface area contributed by atoms with Gasteiger partial charge in [-0.25, -0.2) is 0 Å². The molecule has 6 nitrogen and oxygen atoms in total. The zero-order chi connectivity index (χ0) is 18.1. The molecule has 0 spiro atoms. The van der Waals surface area contributed by atoms with E-state index in [1.54, 1.807) is 12.1 Å². The zero-order valence-electron chi connectivity index (χ0n) is 14.1. The summed E-state index contributed by atoms with van der Waals surface area (Å²) >= 11 is 5.23. The number of nitrogens with zero attached hydrogens (tertiary/aromatic N) is 2. The summed E-state index contributed by atoms with van der Waals surface area (Å²) in [5.41, 5.74) is 2.09. The molecule has 0 bridgehead atoms. The minimum Gasteiger partial charge on any atom is -0.362 e. The van der Waals surface area contributed by atoms with Gasteiger partial charge in [-0.1, -0.05) is 30.3 Å². The molecule has 25 heavy (non-hydrogen) atoms. The van der Waals surface area contributed by atoms with E-state index in [-0.39, 0.29) is 5.69 Å². The summed E-state index contributed by atoms with van der Waals surface area (Å²) in [6.45, 7) is 2.65. The lowest BCUT2D eigenvalue weighted by Gasteiger charge is -2.17. The van der Waals surface area contributed by atoms with Crippen LogP contribution in [0.3, 0.4) is 0 Å². The second-order valence-electron chi connectivity index (χ2n) is 5.76. The lowest BCUT2D eigenvalue weighted by atomic mass is 10.2. The standard InChI is InChI=1S/C18H22N4O2S/c1-21(14-15-6-3-2-4-7-15)13-5-12-19-18(25)20-16-8-10-17(11-9-16)22(23)24/h2-4,6-11H,5,12-14H2,1H3,(H2,19,20,25). The number of hydrogen-bond acceptors (Lipinski definition) is 4. The average molecular weight is 358 g/mol.